The van der Waals surface area contributed by atoms with Gasteiger partial charge < -0.3 is 5.32 Å². The Kier molecular flexibility index (Phi) is 2.79. The molecular weight excluding hydrogens is 240 g/mol. The van der Waals surface area contributed by atoms with E-state index in [2.05, 4.69) is 38.4 Å². The standard InChI is InChI=1S/C11H11BrN2/c1-13-7-9-6-8-4-2-3-5-10(8)14-11(9)12/h2-6,13H,7H2,1H3. The van der Waals surface area contributed by atoms with Crippen LogP contribution in [0.3, 0.4) is 0 Å². The third-order valence-electron chi connectivity index (χ3n) is 2.12. The Bertz CT molecular complexity index is 454. The van der Waals surface area contributed by atoms with E-state index in [0.29, 0.717) is 0 Å². The minimum Gasteiger partial charge on any atom is -0.316 e. The highest BCUT2D eigenvalue weighted by Crippen LogP contribution is 2.20. The molecule has 2 rings (SSSR count). The number of aromatic nitrogens is 1. The fraction of sp³-hybridized carbons (Fsp3) is 0.182. The number of nitrogens with one attached hydrogen (secondary N) is 1. The van der Waals surface area contributed by atoms with E-state index in [9.17, 15) is 0 Å². The van der Waals surface area contributed by atoms with Gasteiger partial charge in [0.25, 0.3) is 0 Å². The molecule has 0 saturated heterocycles. The molecule has 1 N–H and O–H groups in total. The molecule has 2 aromatic rings. The minimum atomic E-state index is 0.832. The molecule has 1 aromatic heterocycles. The Morgan fingerprint density at radius 1 is 1.36 bits per heavy atom. The van der Waals surface area contributed by atoms with Crippen LogP contribution >= 0.6 is 15.9 Å². The highest BCUT2D eigenvalue weighted by molar-refractivity contribution is 9.10. The van der Waals surface area contributed by atoms with Crippen molar-refractivity contribution in [2.24, 2.45) is 0 Å². The summed E-state index contributed by atoms with van der Waals surface area (Å²) < 4.78 is 0.922. The van der Waals surface area contributed by atoms with Gasteiger partial charge in [0.05, 0.1) is 5.52 Å². The highest BCUT2D eigenvalue weighted by Gasteiger charge is 2.02. The van der Waals surface area contributed by atoms with Crippen molar-refractivity contribution in [1.29, 1.82) is 0 Å². The molecular formula is C11H11BrN2. The quantitative estimate of drug-likeness (QED) is 0.830. The maximum atomic E-state index is 4.47. The van der Waals surface area contributed by atoms with Gasteiger partial charge in [0.2, 0.25) is 0 Å². The number of fused-ring (bicyclic) bond motifs is 1. The van der Waals surface area contributed by atoms with E-state index in [1.807, 2.05) is 25.2 Å². The molecule has 3 heteroatoms. The van der Waals surface area contributed by atoms with E-state index in [4.69, 9.17) is 0 Å². The van der Waals surface area contributed by atoms with Crippen LogP contribution < -0.4 is 5.32 Å². The average Bonchev–Trinajstić information content (AvgIpc) is 2.19. The molecule has 0 aliphatic carbocycles. The summed E-state index contributed by atoms with van der Waals surface area (Å²) in [5.41, 5.74) is 2.21. The van der Waals surface area contributed by atoms with Gasteiger partial charge in [-0.05, 0) is 40.7 Å². The number of pyridine rings is 1. The topological polar surface area (TPSA) is 24.9 Å². The summed E-state index contributed by atoms with van der Waals surface area (Å²) in [5.74, 6) is 0. The molecule has 0 atom stereocenters. The molecule has 2 nitrogen and oxygen atoms in total. The zero-order valence-corrected chi connectivity index (χ0v) is 9.51. The second-order valence-corrected chi connectivity index (χ2v) is 3.91. The molecule has 0 aliphatic heterocycles. The summed E-state index contributed by atoms with van der Waals surface area (Å²) in [6, 6.07) is 10.3. The first-order valence-electron chi connectivity index (χ1n) is 4.50. The second-order valence-electron chi connectivity index (χ2n) is 3.16. The Morgan fingerprint density at radius 2 is 2.14 bits per heavy atom. The maximum absolute atomic E-state index is 4.47. The number of nitrogens with zero attached hydrogens (tertiary/aromatic N) is 1. The van der Waals surface area contributed by atoms with Crippen molar-refractivity contribution in [3.8, 4) is 0 Å². The van der Waals surface area contributed by atoms with E-state index in [1.54, 1.807) is 0 Å². The van der Waals surface area contributed by atoms with Crippen molar-refractivity contribution in [3.05, 3.63) is 40.5 Å². The molecule has 0 amide bonds. The van der Waals surface area contributed by atoms with Crippen molar-refractivity contribution in [3.63, 3.8) is 0 Å². The van der Waals surface area contributed by atoms with Gasteiger partial charge in [-0.1, -0.05) is 18.2 Å². The monoisotopic (exact) mass is 250 g/mol. The van der Waals surface area contributed by atoms with Gasteiger partial charge in [-0.15, -0.1) is 0 Å². The lowest BCUT2D eigenvalue weighted by Crippen LogP contribution is -2.06. The molecule has 0 spiro atoms. The number of para-hydroxylation sites is 1. The van der Waals surface area contributed by atoms with Gasteiger partial charge in [0, 0.05) is 11.9 Å². The third kappa shape index (κ3) is 1.79. The molecule has 0 aliphatic rings. The number of halogens is 1. The summed E-state index contributed by atoms with van der Waals surface area (Å²) in [6.07, 6.45) is 0. The van der Waals surface area contributed by atoms with Crippen molar-refractivity contribution >= 4 is 26.8 Å². The summed E-state index contributed by atoms with van der Waals surface area (Å²) in [5, 5.41) is 4.30. The normalized spacial score (nSPS) is 10.7. The molecule has 0 unspecified atom stereocenters. The highest BCUT2D eigenvalue weighted by atomic mass is 79.9. The van der Waals surface area contributed by atoms with Crippen LogP contribution in [0.1, 0.15) is 5.56 Å². The van der Waals surface area contributed by atoms with Crippen molar-refractivity contribution in [2.45, 2.75) is 6.54 Å². The zero-order valence-electron chi connectivity index (χ0n) is 7.92. The fourth-order valence-electron chi connectivity index (χ4n) is 1.45. The third-order valence-corrected chi connectivity index (χ3v) is 2.80. The van der Waals surface area contributed by atoms with Gasteiger partial charge in [0.15, 0.2) is 0 Å². The molecule has 14 heavy (non-hydrogen) atoms. The first-order valence-corrected chi connectivity index (χ1v) is 5.29. The lowest BCUT2D eigenvalue weighted by Gasteiger charge is -2.05. The molecule has 0 saturated carbocycles. The smallest absolute Gasteiger partial charge is 0.111 e. The fourth-order valence-corrected chi connectivity index (χ4v) is 1.90. The van der Waals surface area contributed by atoms with Crippen LogP contribution in [0, 0.1) is 0 Å². The van der Waals surface area contributed by atoms with Crippen LogP contribution in [-0.4, -0.2) is 12.0 Å². The number of benzene rings is 1. The van der Waals surface area contributed by atoms with Crippen LogP contribution in [-0.2, 0) is 6.54 Å². The van der Waals surface area contributed by atoms with Crippen molar-refractivity contribution < 1.29 is 0 Å². The first kappa shape index (κ1) is 9.62. The minimum absolute atomic E-state index is 0.832. The summed E-state index contributed by atoms with van der Waals surface area (Å²) >= 11 is 3.47. The van der Waals surface area contributed by atoms with Crippen molar-refractivity contribution in [1.82, 2.24) is 10.3 Å². The van der Waals surface area contributed by atoms with Gasteiger partial charge in [0.1, 0.15) is 4.60 Å². The van der Waals surface area contributed by atoms with Crippen LogP contribution in [0.2, 0.25) is 0 Å². The van der Waals surface area contributed by atoms with Gasteiger partial charge in [-0.2, -0.15) is 0 Å². The van der Waals surface area contributed by atoms with Crippen LogP contribution in [0.4, 0.5) is 0 Å². The predicted molar refractivity (Wildman–Crippen MR) is 62.2 cm³/mol. The molecule has 72 valence electrons. The maximum Gasteiger partial charge on any atom is 0.111 e. The van der Waals surface area contributed by atoms with Crippen molar-refractivity contribution in [2.75, 3.05) is 7.05 Å². The number of hydrogen-bond donors (Lipinski definition) is 1. The van der Waals surface area contributed by atoms with Gasteiger partial charge in [-0.3, -0.25) is 0 Å². The van der Waals surface area contributed by atoms with Gasteiger partial charge in [-0.25, -0.2) is 4.98 Å². The van der Waals surface area contributed by atoms with E-state index < -0.39 is 0 Å². The summed E-state index contributed by atoms with van der Waals surface area (Å²) in [6.45, 7) is 0.832. The van der Waals surface area contributed by atoms with Crippen LogP contribution in [0.5, 0.6) is 0 Å². The first-order chi connectivity index (χ1) is 6.81. The molecule has 1 heterocycles. The SMILES string of the molecule is CNCc1cc2ccccc2nc1Br. The lowest BCUT2D eigenvalue weighted by atomic mass is 10.1. The molecule has 1 aromatic carbocycles. The number of rotatable bonds is 2. The van der Waals surface area contributed by atoms with Crippen LogP contribution in [0.15, 0.2) is 34.9 Å². The zero-order chi connectivity index (χ0) is 9.97. The molecule has 0 radical (unpaired) electrons. The van der Waals surface area contributed by atoms with E-state index in [-0.39, 0.29) is 0 Å². The van der Waals surface area contributed by atoms with E-state index in [1.165, 1.54) is 10.9 Å². The molecule has 0 bridgehead atoms. The Balaban J connectivity index is 2.59. The molecule has 0 fully saturated rings. The van der Waals surface area contributed by atoms with E-state index >= 15 is 0 Å². The Labute approximate surface area is 91.5 Å². The second kappa shape index (κ2) is 4.07. The average molecular weight is 251 g/mol. The Hall–Kier alpha value is -0.930. The van der Waals surface area contributed by atoms with E-state index in [0.717, 1.165) is 16.7 Å². The number of hydrogen-bond acceptors (Lipinski definition) is 2. The predicted octanol–water partition coefficient (Wildman–Crippen LogP) is 2.72. The van der Waals surface area contributed by atoms with Gasteiger partial charge >= 0.3 is 0 Å². The lowest BCUT2D eigenvalue weighted by molar-refractivity contribution is 0.810. The Morgan fingerprint density at radius 3 is 2.93 bits per heavy atom. The summed E-state index contributed by atoms with van der Waals surface area (Å²) in [7, 11) is 1.93. The summed E-state index contributed by atoms with van der Waals surface area (Å²) in [4.78, 5) is 4.47. The largest absolute Gasteiger partial charge is 0.316 e. The van der Waals surface area contributed by atoms with Crippen LogP contribution in [0.25, 0.3) is 10.9 Å².